The molecule has 2 aromatic rings. The molecule has 3 aliphatic heterocycles. The van der Waals surface area contributed by atoms with Crippen LogP contribution in [0.25, 0.3) is 0 Å². The summed E-state index contributed by atoms with van der Waals surface area (Å²) in [6, 6.07) is 18.4. The third-order valence-corrected chi connectivity index (χ3v) is 11.9. The van der Waals surface area contributed by atoms with E-state index in [-0.39, 0.29) is 11.2 Å². The van der Waals surface area contributed by atoms with Gasteiger partial charge in [0.25, 0.3) is 0 Å². The van der Waals surface area contributed by atoms with Crippen molar-refractivity contribution in [1.29, 1.82) is 0 Å². The van der Waals surface area contributed by atoms with Crippen molar-refractivity contribution in [3.63, 3.8) is 0 Å². The maximum absolute atomic E-state index is 12.0. The maximum atomic E-state index is 12.0. The number of piperidine rings is 1. The predicted molar refractivity (Wildman–Crippen MR) is 160 cm³/mol. The second-order valence-corrected chi connectivity index (χ2v) is 14.6. The van der Waals surface area contributed by atoms with E-state index in [0.717, 1.165) is 50.4 Å². The number of hydrogen-bond acceptors (Lipinski definition) is 5. The van der Waals surface area contributed by atoms with Gasteiger partial charge in [-0.05, 0) is 80.8 Å². The minimum atomic E-state index is -2.56. The number of allylic oxidation sites excluding steroid dienone is 2. The lowest BCUT2D eigenvalue weighted by Gasteiger charge is -2.45. The van der Waals surface area contributed by atoms with Crippen molar-refractivity contribution in [1.82, 2.24) is 9.57 Å². The van der Waals surface area contributed by atoms with Gasteiger partial charge in [-0.1, -0.05) is 32.0 Å². The first-order chi connectivity index (χ1) is 18.9. The number of fused-ring (bicyclic) bond motifs is 1. The van der Waals surface area contributed by atoms with E-state index >= 15 is 0 Å². The maximum Gasteiger partial charge on any atom is 0.180 e. The van der Waals surface area contributed by atoms with Gasteiger partial charge in [0, 0.05) is 37.4 Å². The Hall–Kier alpha value is -2.73. The molecule has 0 spiro atoms. The number of ketones is 1. The second kappa shape index (κ2) is 10.7. The van der Waals surface area contributed by atoms with Gasteiger partial charge in [0.2, 0.25) is 0 Å². The standard InChI is InChI=1S/C31H40N5O2P/c1-24(37)25-12-14-26(15-13-25)33-39(35-18-20-38-21-19-35)30-28(32-36(39)27-10-6-4-7-11-27)22-31(2,3)23-29(30)34-16-8-5-9-17-34/h4,6-7,10-15H,5,8-9,16-23H2,1-3H3/t39-/m1/s1. The normalized spacial score (nSPS) is 25.4. The zero-order valence-corrected chi connectivity index (χ0v) is 24.4. The highest BCUT2D eigenvalue weighted by Gasteiger charge is 2.51. The van der Waals surface area contributed by atoms with E-state index in [9.17, 15) is 4.79 Å². The van der Waals surface area contributed by atoms with Crippen LogP contribution in [-0.4, -0.2) is 60.5 Å². The lowest BCUT2D eigenvalue weighted by atomic mass is 9.78. The summed E-state index contributed by atoms with van der Waals surface area (Å²) in [7, 11) is -2.56. The average molecular weight is 546 g/mol. The van der Waals surface area contributed by atoms with E-state index in [0.29, 0.717) is 18.8 Å². The topological polar surface area (TPSA) is 60.7 Å². The number of hydrazone groups is 1. The van der Waals surface area contributed by atoms with Gasteiger partial charge < -0.3 is 9.64 Å². The molecule has 2 fully saturated rings. The molecule has 0 N–H and O–H groups in total. The van der Waals surface area contributed by atoms with Crippen molar-refractivity contribution in [2.45, 2.75) is 52.9 Å². The van der Waals surface area contributed by atoms with Crippen LogP contribution in [-0.2, 0) is 4.74 Å². The van der Waals surface area contributed by atoms with E-state index in [2.05, 4.69) is 58.5 Å². The fourth-order valence-electron chi connectivity index (χ4n) is 6.38. The summed E-state index contributed by atoms with van der Waals surface area (Å²) in [5.41, 5.74) is 5.46. The number of nitrogens with zero attached hydrogens (tertiary/aromatic N) is 5. The fraction of sp³-hybridized carbons (Fsp3) is 0.484. The Kier molecular flexibility index (Phi) is 7.26. The molecule has 0 saturated carbocycles. The van der Waals surface area contributed by atoms with Crippen molar-refractivity contribution in [3.05, 3.63) is 71.2 Å². The van der Waals surface area contributed by atoms with Gasteiger partial charge in [-0.3, -0.25) is 4.79 Å². The molecule has 0 aromatic heterocycles. The highest BCUT2D eigenvalue weighted by Crippen LogP contribution is 2.72. The van der Waals surface area contributed by atoms with Crippen LogP contribution in [0.5, 0.6) is 0 Å². The number of likely N-dealkylation sites (tertiary alicyclic amines) is 1. The SMILES string of the molecule is CC(=O)c1ccc(N=[P@@]2(N3CCOCC3)C3=C(N4CCCCC4)CC(C)(C)CC3=NN2c2ccccc2)cc1. The summed E-state index contributed by atoms with van der Waals surface area (Å²) >= 11 is 0. The zero-order valence-electron chi connectivity index (χ0n) is 23.5. The molecule has 39 heavy (non-hydrogen) atoms. The summed E-state index contributed by atoms with van der Waals surface area (Å²) in [4.78, 5) is 14.7. The van der Waals surface area contributed by atoms with Crippen LogP contribution in [0.15, 0.2) is 75.5 Å². The highest BCUT2D eigenvalue weighted by molar-refractivity contribution is 7.71. The van der Waals surface area contributed by atoms with Crippen molar-refractivity contribution in [2.75, 3.05) is 44.2 Å². The fourth-order valence-corrected chi connectivity index (χ4v) is 10.3. The molecule has 6 rings (SSSR count). The summed E-state index contributed by atoms with van der Waals surface area (Å²) < 4.78 is 16.5. The van der Waals surface area contributed by atoms with Crippen LogP contribution in [0.2, 0.25) is 0 Å². The number of Topliss-reactive ketones (excluding diaryl/α,β-unsaturated/α-hetero) is 1. The third kappa shape index (κ3) is 5.01. The molecular weight excluding hydrogens is 505 g/mol. The monoisotopic (exact) mass is 545 g/mol. The minimum absolute atomic E-state index is 0.0706. The Balaban J connectivity index is 1.65. The first-order valence-electron chi connectivity index (χ1n) is 14.4. The summed E-state index contributed by atoms with van der Waals surface area (Å²) in [5, 5.41) is 6.84. The number of benzene rings is 2. The number of anilines is 1. The second-order valence-electron chi connectivity index (χ2n) is 11.9. The number of para-hydroxylation sites is 1. The largest absolute Gasteiger partial charge is 0.379 e. The predicted octanol–water partition coefficient (Wildman–Crippen LogP) is 7.28. The van der Waals surface area contributed by atoms with Gasteiger partial charge in [0.15, 0.2) is 13.1 Å². The van der Waals surface area contributed by atoms with E-state index in [1.165, 1.54) is 36.0 Å². The number of ether oxygens (including phenoxy) is 1. The van der Waals surface area contributed by atoms with E-state index in [1.807, 2.05) is 24.3 Å². The Morgan fingerprint density at radius 2 is 1.62 bits per heavy atom. The van der Waals surface area contributed by atoms with Gasteiger partial charge in [0.1, 0.15) is 0 Å². The Labute approximate surface area is 232 Å². The lowest BCUT2D eigenvalue weighted by molar-refractivity contribution is 0.0742. The van der Waals surface area contributed by atoms with E-state index < -0.39 is 7.36 Å². The molecule has 0 unspecified atom stereocenters. The summed E-state index contributed by atoms with van der Waals surface area (Å²) in [6.07, 6.45) is 5.75. The molecule has 1 aliphatic carbocycles. The molecule has 206 valence electrons. The molecule has 0 amide bonds. The quantitative estimate of drug-likeness (QED) is 0.292. The van der Waals surface area contributed by atoms with Gasteiger partial charge in [-0.25, -0.2) is 14.2 Å². The van der Waals surface area contributed by atoms with Crippen LogP contribution < -0.4 is 4.78 Å². The smallest absolute Gasteiger partial charge is 0.180 e. The third-order valence-electron chi connectivity index (χ3n) is 8.25. The van der Waals surface area contributed by atoms with Crippen molar-refractivity contribution < 1.29 is 9.53 Å². The Bertz CT molecular complexity index is 1340. The molecule has 2 aromatic carbocycles. The summed E-state index contributed by atoms with van der Waals surface area (Å²) in [5.74, 6) is 0.0706. The number of morpholine rings is 1. The molecule has 1 atom stereocenters. The Morgan fingerprint density at radius 3 is 2.28 bits per heavy atom. The van der Waals surface area contributed by atoms with Crippen molar-refractivity contribution in [2.24, 2.45) is 15.3 Å². The number of hydrogen-bond donors (Lipinski definition) is 0. The molecule has 4 aliphatic rings. The van der Waals surface area contributed by atoms with Gasteiger partial charge >= 0.3 is 0 Å². The first kappa shape index (κ1) is 26.5. The van der Waals surface area contributed by atoms with Crippen LogP contribution >= 0.6 is 7.36 Å². The van der Waals surface area contributed by atoms with Gasteiger partial charge in [-0.15, -0.1) is 0 Å². The molecule has 0 radical (unpaired) electrons. The van der Waals surface area contributed by atoms with Crippen LogP contribution in [0.4, 0.5) is 11.4 Å². The molecule has 0 bridgehead atoms. The zero-order chi connectivity index (χ0) is 27.0. The first-order valence-corrected chi connectivity index (χ1v) is 16.0. The van der Waals surface area contributed by atoms with Crippen molar-refractivity contribution in [3.8, 4) is 0 Å². The van der Waals surface area contributed by atoms with Crippen molar-refractivity contribution >= 4 is 30.2 Å². The molecule has 2 saturated heterocycles. The van der Waals surface area contributed by atoms with Crippen LogP contribution in [0.3, 0.4) is 0 Å². The van der Waals surface area contributed by atoms with Crippen LogP contribution in [0.1, 0.15) is 63.2 Å². The van der Waals surface area contributed by atoms with Crippen LogP contribution in [0, 0.1) is 5.41 Å². The van der Waals surface area contributed by atoms with Gasteiger partial charge in [-0.2, -0.15) is 5.10 Å². The molecule has 7 nitrogen and oxygen atoms in total. The molecule has 8 heteroatoms. The van der Waals surface area contributed by atoms with Gasteiger partial charge in [0.05, 0.1) is 35.6 Å². The number of carbonyl (C=O) groups is 1. The van der Waals surface area contributed by atoms with E-state index in [4.69, 9.17) is 14.6 Å². The highest BCUT2D eigenvalue weighted by atomic mass is 31.2. The van der Waals surface area contributed by atoms with E-state index in [1.54, 1.807) is 6.92 Å². The molecular formula is C31H40N5O2P. The Morgan fingerprint density at radius 1 is 0.923 bits per heavy atom. The summed E-state index contributed by atoms with van der Waals surface area (Å²) in [6.45, 7) is 11.6. The number of rotatable bonds is 5. The molecule has 3 heterocycles. The number of carbonyl (C=O) groups excluding carboxylic acids is 1. The average Bonchev–Trinajstić information content (AvgIpc) is 3.28. The lowest BCUT2D eigenvalue weighted by Crippen LogP contribution is -2.40. The minimum Gasteiger partial charge on any atom is -0.379 e.